The molecule has 1 fully saturated rings. The SMILES string of the molecule is C=CCN(C)C1CCCN(C)C1=O. The molecule has 0 spiro atoms. The molecule has 1 unspecified atom stereocenters. The van der Waals surface area contributed by atoms with Crippen LogP contribution in [0.4, 0.5) is 0 Å². The third-order valence-electron chi connectivity index (χ3n) is 2.58. The lowest BCUT2D eigenvalue weighted by molar-refractivity contribution is -0.137. The molecule has 1 aliphatic heterocycles. The van der Waals surface area contributed by atoms with Crippen LogP contribution >= 0.6 is 0 Å². The molecule has 1 saturated heterocycles. The Balaban J connectivity index is 2.56. The zero-order chi connectivity index (χ0) is 9.84. The number of rotatable bonds is 3. The fourth-order valence-electron chi connectivity index (χ4n) is 1.75. The molecule has 0 N–H and O–H groups in total. The van der Waals surface area contributed by atoms with Gasteiger partial charge in [-0.1, -0.05) is 6.08 Å². The van der Waals surface area contributed by atoms with E-state index in [1.807, 2.05) is 25.1 Å². The second-order valence-corrected chi connectivity index (χ2v) is 3.65. The van der Waals surface area contributed by atoms with Crippen molar-refractivity contribution in [2.75, 3.05) is 27.2 Å². The van der Waals surface area contributed by atoms with Gasteiger partial charge in [0.05, 0.1) is 6.04 Å². The number of likely N-dealkylation sites (tertiary alicyclic amines) is 1. The van der Waals surface area contributed by atoms with Crippen molar-refractivity contribution in [3.8, 4) is 0 Å². The maximum atomic E-state index is 11.7. The van der Waals surface area contributed by atoms with Gasteiger partial charge in [-0.25, -0.2) is 0 Å². The quantitative estimate of drug-likeness (QED) is 0.601. The predicted molar refractivity (Wildman–Crippen MR) is 53.5 cm³/mol. The van der Waals surface area contributed by atoms with Crippen molar-refractivity contribution in [2.45, 2.75) is 18.9 Å². The predicted octanol–water partition coefficient (Wildman–Crippen LogP) is 0.725. The third kappa shape index (κ3) is 2.31. The van der Waals surface area contributed by atoms with E-state index in [1.54, 1.807) is 0 Å². The van der Waals surface area contributed by atoms with Gasteiger partial charge in [0, 0.05) is 20.1 Å². The molecule has 1 aliphatic rings. The van der Waals surface area contributed by atoms with E-state index in [-0.39, 0.29) is 11.9 Å². The molecule has 0 bridgehead atoms. The highest BCUT2D eigenvalue weighted by atomic mass is 16.2. The second kappa shape index (κ2) is 4.42. The molecule has 0 radical (unpaired) electrons. The monoisotopic (exact) mass is 182 g/mol. The fourth-order valence-corrected chi connectivity index (χ4v) is 1.75. The zero-order valence-electron chi connectivity index (χ0n) is 8.49. The largest absolute Gasteiger partial charge is 0.344 e. The Kier molecular flexibility index (Phi) is 3.48. The highest BCUT2D eigenvalue weighted by molar-refractivity contribution is 5.82. The molecule has 1 atom stereocenters. The summed E-state index contributed by atoms with van der Waals surface area (Å²) in [5.41, 5.74) is 0. The van der Waals surface area contributed by atoms with E-state index in [9.17, 15) is 4.79 Å². The van der Waals surface area contributed by atoms with Crippen LogP contribution in [0.3, 0.4) is 0 Å². The molecule has 1 amide bonds. The van der Waals surface area contributed by atoms with Crippen LogP contribution in [0, 0.1) is 0 Å². The average Bonchev–Trinajstić information content (AvgIpc) is 2.10. The van der Waals surface area contributed by atoms with Crippen LogP contribution in [0.2, 0.25) is 0 Å². The van der Waals surface area contributed by atoms with Gasteiger partial charge in [-0.2, -0.15) is 0 Å². The van der Waals surface area contributed by atoms with Crippen molar-refractivity contribution < 1.29 is 4.79 Å². The van der Waals surface area contributed by atoms with Gasteiger partial charge in [-0.15, -0.1) is 6.58 Å². The number of piperidine rings is 1. The van der Waals surface area contributed by atoms with Crippen LogP contribution < -0.4 is 0 Å². The molecule has 0 aromatic rings. The Morgan fingerprint density at radius 2 is 2.46 bits per heavy atom. The number of hydrogen-bond donors (Lipinski definition) is 0. The summed E-state index contributed by atoms with van der Waals surface area (Å²) in [5.74, 6) is 0.246. The van der Waals surface area contributed by atoms with Crippen LogP contribution in [0.5, 0.6) is 0 Å². The van der Waals surface area contributed by atoms with E-state index >= 15 is 0 Å². The Morgan fingerprint density at radius 1 is 1.77 bits per heavy atom. The van der Waals surface area contributed by atoms with Gasteiger partial charge in [0.2, 0.25) is 5.91 Å². The van der Waals surface area contributed by atoms with Gasteiger partial charge in [0.15, 0.2) is 0 Å². The summed E-state index contributed by atoms with van der Waals surface area (Å²) in [5, 5.41) is 0. The van der Waals surface area contributed by atoms with Gasteiger partial charge in [-0.3, -0.25) is 9.69 Å². The van der Waals surface area contributed by atoms with Crippen LogP contribution in [-0.2, 0) is 4.79 Å². The number of nitrogens with zero attached hydrogens (tertiary/aromatic N) is 2. The van der Waals surface area contributed by atoms with Crippen LogP contribution in [-0.4, -0.2) is 48.9 Å². The van der Waals surface area contributed by atoms with E-state index in [2.05, 4.69) is 11.5 Å². The molecule has 1 rings (SSSR count). The van der Waals surface area contributed by atoms with Gasteiger partial charge in [0.1, 0.15) is 0 Å². The number of carbonyl (C=O) groups excluding carboxylic acids is 1. The lowest BCUT2D eigenvalue weighted by Crippen LogP contribution is -2.49. The van der Waals surface area contributed by atoms with Crippen LogP contribution in [0.1, 0.15) is 12.8 Å². The Hall–Kier alpha value is -0.830. The molecule has 1 heterocycles. The maximum Gasteiger partial charge on any atom is 0.239 e. The van der Waals surface area contributed by atoms with Gasteiger partial charge < -0.3 is 4.90 Å². The molecular weight excluding hydrogens is 164 g/mol. The van der Waals surface area contributed by atoms with Gasteiger partial charge in [-0.05, 0) is 19.9 Å². The van der Waals surface area contributed by atoms with E-state index < -0.39 is 0 Å². The summed E-state index contributed by atoms with van der Waals surface area (Å²) >= 11 is 0. The zero-order valence-corrected chi connectivity index (χ0v) is 8.49. The normalized spacial score (nSPS) is 23.8. The summed E-state index contributed by atoms with van der Waals surface area (Å²) < 4.78 is 0. The molecule has 0 aromatic carbocycles. The minimum absolute atomic E-state index is 0.0664. The first kappa shape index (κ1) is 10.3. The molecular formula is C10H18N2O. The first-order valence-corrected chi connectivity index (χ1v) is 4.73. The summed E-state index contributed by atoms with van der Waals surface area (Å²) in [6.45, 7) is 5.36. The number of amides is 1. The van der Waals surface area contributed by atoms with Crippen molar-refractivity contribution in [3.63, 3.8) is 0 Å². The molecule has 13 heavy (non-hydrogen) atoms. The third-order valence-corrected chi connectivity index (χ3v) is 2.58. The lowest BCUT2D eigenvalue weighted by atomic mass is 10.0. The van der Waals surface area contributed by atoms with Crippen molar-refractivity contribution in [1.29, 1.82) is 0 Å². The second-order valence-electron chi connectivity index (χ2n) is 3.65. The molecule has 3 heteroatoms. The topological polar surface area (TPSA) is 23.6 Å². The molecule has 0 aromatic heterocycles. The minimum Gasteiger partial charge on any atom is -0.344 e. The summed E-state index contributed by atoms with van der Waals surface area (Å²) in [7, 11) is 3.85. The lowest BCUT2D eigenvalue weighted by Gasteiger charge is -2.34. The van der Waals surface area contributed by atoms with Crippen molar-refractivity contribution in [2.24, 2.45) is 0 Å². The minimum atomic E-state index is 0.0664. The highest BCUT2D eigenvalue weighted by Crippen LogP contribution is 2.14. The first-order chi connectivity index (χ1) is 6.16. The molecule has 74 valence electrons. The number of carbonyl (C=O) groups is 1. The van der Waals surface area contributed by atoms with E-state index in [1.165, 1.54) is 0 Å². The average molecular weight is 182 g/mol. The molecule has 0 aliphatic carbocycles. The highest BCUT2D eigenvalue weighted by Gasteiger charge is 2.28. The van der Waals surface area contributed by atoms with Gasteiger partial charge in [0.25, 0.3) is 0 Å². The van der Waals surface area contributed by atoms with Crippen molar-refractivity contribution in [1.82, 2.24) is 9.80 Å². The summed E-state index contributed by atoms with van der Waals surface area (Å²) in [6.07, 6.45) is 3.92. The van der Waals surface area contributed by atoms with Crippen molar-refractivity contribution >= 4 is 5.91 Å². The van der Waals surface area contributed by atoms with Crippen LogP contribution in [0.15, 0.2) is 12.7 Å². The van der Waals surface area contributed by atoms with Crippen LogP contribution in [0.25, 0.3) is 0 Å². The Morgan fingerprint density at radius 3 is 3.08 bits per heavy atom. The van der Waals surface area contributed by atoms with Crippen molar-refractivity contribution in [3.05, 3.63) is 12.7 Å². The Labute approximate surface area is 80.0 Å². The summed E-state index contributed by atoms with van der Waals surface area (Å²) in [4.78, 5) is 15.6. The summed E-state index contributed by atoms with van der Waals surface area (Å²) in [6, 6.07) is 0.0664. The standard InChI is InChI=1S/C10H18N2O/c1-4-7-11(2)9-6-5-8-12(3)10(9)13/h4,9H,1,5-8H2,2-3H3. The van der Waals surface area contributed by atoms with E-state index in [0.29, 0.717) is 0 Å². The fraction of sp³-hybridized carbons (Fsp3) is 0.700. The van der Waals surface area contributed by atoms with E-state index in [4.69, 9.17) is 0 Å². The maximum absolute atomic E-state index is 11.7. The molecule has 0 saturated carbocycles. The Bertz CT molecular complexity index is 203. The first-order valence-electron chi connectivity index (χ1n) is 4.73. The van der Waals surface area contributed by atoms with Gasteiger partial charge >= 0.3 is 0 Å². The smallest absolute Gasteiger partial charge is 0.239 e. The van der Waals surface area contributed by atoms with E-state index in [0.717, 1.165) is 25.9 Å². The number of hydrogen-bond acceptors (Lipinski definition) is 2. The number of likely N-dealkylation sites (N-methyl/N-ethyl adjacent to an activating group) is 2. The molecule has 3 nitrogen and oxygen atoms in total.